The van der Waals surface area contributed by atoms with E-state index in [1.54, 1.807) is 0 Å². The first-order valence-corrected chi connectivity index (χ1v) is 22.5. The number of esters is 2. The summed E-state index contributed by atoms with van der Waals surface area (Å²) in [6, 6.07) is 0. The average molecular weight is 791 g/mol. The number of unbranched alkanes of at least 4 members (excludes halogenated alkanes) is 18. The van der Waals surface area contributed by atoms with Crippen molar-refractivity contribution in [3.63, 3.8) is 0 Å². The summed E-state index contributed by atoms with van der Waals surface area (Å²) in [6.07, 6.45) is 23.7. The Balaban J connectivity index is 2.49. The van der Waals surface area contributed by atoms with E-state index in [2.05, 4.69) is 38.2 Å². The molecule has 12 nitrogen and oxygen atoms in total. The van der Waals surface area contributed by atoms with Crippen LogP contribution in [0.4, 0.5) is 0 Å². The van der Waals surface area contributed by atoms with Crippen molar-refractivity contribution in [1.82, 2.24) is 0 Å². The molecule has 0 saturated carbocycles. The summed E-state index contributed by atoms with van der Waals surface area (Å²) in [5.74, 6) is -2.00. The fourth-order valence-electron chi connectivity index (χ4n) is 6.17. The van der Waals surface area contributed by atoms with E-state index in [9.17, 15) is 37.9 Å². The molecule has 0 aromatic carbocycles. The molecule has 0 bridgehead atoms. The van der Waals surface area contributed by atoms with Crippen LogP contribution in [0.3, 0.4) is 0 Å². The maximum Gasteiger partial charge on any atom is 0.306 e. The van der Waals surface area contributed by atoms with Crippen LogP contribution in [0.15, 0.2) is 24.3 Å². The van der Waals surface area contributed by atoms with E-state index in [0.29, 0.717) is 12.8 Å². The maximum atomic E-state index is 12.8. The van der Waals surface area contributed by atoms with Gasteiger partial charge in [0.05, 0.1) is 6.61 Å². The molecule has 1 aliphatic heterocycles. The second kappa shape index (κ2) is 32.2. The monoisotopic (exact) mass is 790 g/mol. The van der Waals surface area contributed by atoms with Gasteiger partial charge in [-0.3, -0.25) is 14.1 Å². The highest BCUT2D eigenvalue weighted by atomic mass is 32.2. The lowest BCUT2D eigenvalue weighted by Crippen LogP contribution is -2.60. The van der Waals surface area contributed by atoms with Gasteiger partial charge in [0, 0.05) is 12.8 Å². The summed E-state index contributed by atoms with van der Waals surface area (Å²) >= 11 is 0. The highest BCUT2D eigenvalue weighted by Gasteiger charge is 2.46. The van der Waals surface area contributed by atoms with E-state index in [1.807, 2.05) is 0 Å². The van der Waals surface area contributed by atoms with Crippen molar-refractivity contribution in [3.8, 4) is 0 Å². The summed E-state index contributed by atoms with van der Waals surface area (Å²) in [7, 11) is -4.60. The predicted octanol–water partition coefficient (Wildman–Crippen LogP) is 7.67. The minimum Gasteiger partial charge on any atom is -0.462 e. The summed E-state index contributed by atoms with van der Waals surface area (Å²) in [6.45, 7) is 3.66. The van der Waals surface area contributed by atoms with Crippen molar-refractivity contribution in [2.75, 3.05) is 19.0 Å². The molecule has 1 aliphatic rings. The van der Waals surface area contributed by atoms with Crippen molar-refractivity contribution in [2.24, 2.45) is 0 Å². The highest BCUT2D eigenvalue weighted by molar-refractivity contribution is 7.85. The smallest absolute Gasteiger partial charge is 0.306 e. The van der Waals surface area contributed by atoms with Gasteiger partial charge in [0.25, 0.3) is 10.1 Å². The van der Waals surface area contributed by atoms with Crippen LogP contribution in [0.5, 0.6) is 0 Å². The first-order chi connectivity index (χ1) is 26.0. The van der Waals surface area contributed by atoms with Crippen LogP contribution in [0.1, 0.15) is 168 Å². The summed E-state index contributed by atoms with van der Waals surface area (Å²) in [4.78, 5) is 25.3. The van der Waals surface area contributed by atoms with Crippen LogP contribution in [-0.2, 0) is 38.7 Å². The first kappa shape index (κ1) is 50.1. The molecule has 1 heterocycles. The van der Waals surface area contributed by atoms with Gasteiger partial charge in [0.2, 0.25) is 0 Å². The maximum absolute atomic E-state index is 12.8. The Kier molecular flexibility index (Phi) is 29.9. The molecule has 6 atom stereocenters. The number of ether oxygens (including phenoxy) is 4. The third kappa shape index (κ3) is 26.9. The first-order valence-electron chi connectivity index (χ1n) is 20.9. The molecular weight excluding hydrogens is 717 g/mol. The van der Waals surface area contributed by atoms with Crippen LogP contribution >= 0.6 is 0 Å². The van der Waals surface area contributed by atoms with Crippen LogP contribution in [0.25, 0.3) is 0 Å². The van der Waals surface area contributed by atoms with Gasteiger partial charge in [0.15, 0.2) is 12.4 Å². The third-order valence-electron chi connectivity index (χ3n) is 9.50. The summed E-state index contributed by atoms with van der Waals surface area (Å²) in [5, 5.41) is 30.8. The van der Waals surface area contributed by atoms with Gasteiger partial charge < -0.3 is 34.3 Å². The van der Waals surface area contributed by atoms with Crippen LogP contribution in [-0.4, -0.2) is 96.0 Å². The molecule has 1 rings (SSSR count). The topological polar surface area (TPSA) is 186 Å². The molecule has 0 aromatic heterocycles. The van der Waals surface area contributed by atoms with E-state index in [1.165, 1.54) is 64.2 Å². The van der Waals surface area contributed by atoms with Gasteiger partial charge in [-0.15, -0.1) is 0 Å². The molecule has 0 radical (unpaired) electrons. The van der Waals surface area contributed by atoms with Gasteiger partial charge >= 0.3 is 11.9 Å². The summed E-state index contributed by atoms with van der Waals surface area (Å²) < 4.78 is 53.9. The Labute approximate surface area is 326 Å². The van der Waals surface area contributed by atoms with Crippen molar-refractivity contribution in [1.29, 1.82) is 0 Å². The van der Waals surface area contributed by atoms with E-state index in [0.717, 1.165) is 64.2 Å². The number of hydrogen-bond acceptors (Lipinski definition) is 11. The number of carbonyl (C=O) groups excluding carboxylic acids is 2. The normalized spacial score (nSPS) is 21.2. The Bertz CT molecular complexity index is 1110. The lowest BCUT2D eigenvalue weighted by atomic mass is 10.00. The quantitative estimate of drug-likeness (QED) is 0.0216. The zero-order valence-electron chi connectivity index (χ0n) is 33.3. The number of rotatable bonds is 34. The van der Waals surface area contributed by atoms with Crippen molar-refractivity contribution >= 4 is 22.1 Å². The van der Waals surface area contributed by atoms with Crippen LogP contribution < -0.4 is 0 Å². The molecule has 0 amide bonds. The van der Waals surface area contributed by atoms with Crippen LogP contribution in [0.2, 0.25) is 0 Å². The molecule has 2 unspecified atom stereocenters. The number of aliphatic hydroxyl groups is 3. The largest absolute Gasteiger partial charge is 0.462 e. The molecule has 1 saturated heterocycles. The average Bonchev–Trinajstić information content (AvgIpc) is 3.13. The Morgan fingerprint density at radius 1 is 0.611 bits per heavy atom. The van der Waals surface area contributed by atoms with Crippen molar-refractivity contribution < 1.29 is 56.8 Å². The van der Waals surface area contributed by atoms with Gasteiger partial charge in [-0.25, -0.2) is 0 Å². The molecule has 54 heavy (non-hydrogen) atoms. The Morgan fingerprint density at radius 3 is 1.54 bits per heavy atom. The number of aliphatic hydroxyl groups excluding tert-OH is 3. The van der Waals surface area contributed by atoms with Gasteiger partial charge in [-0.2, -0.15) is 8.42 Å². The van der Waals surface area contributed by atoms with Crippen LogP contribution in [0, 0.1) is 0 Å². The molecule has 316 valence electrons. The second-order valence-electron chi connectivity index (χ2n) is 14.6. The molecule has 4 N–H and O–H groups in total. The minimum atomic E-state index is -4.60. The zero-order valence-corrected chi connectivity index (χ0v) is 34.1. The molecule has 1 fully saturated rings. The van der Waals surface area contributed by atoms with Crippen molar-refractivity contribution in [2.45, 2.75) is 205 Å². The lowest BCUT2D eigenvalue weighted by Gasteiger charge is -2.40. The molecule has 13 heteroatoms. The fourth-order valence-corrected chi connectivity index (χ4v) is 6.86. The molecule has 0 aliphatic carbocycles. The van der Waals surface area contributed by atoms with Gasteiger partial charge in [-0.1, -0.05) is 128 Å². The number of allylic oxidation sites excluding steroid dienone is 4. The molecule has 0 spiro atoms. The number of carbonyl (C=O) groups is 2. The highest BCUT2D eigenvalue weighted by Crippen LogP contribution is 2.24. The van der Waals surface area contributed by atoms with E-state index in [4.69, 9.17) is 18.9 Å². The Hall–Kier alpha value is -1.87. The minimum absolute atomic E-state index is 0.161. The summed E-state index contributed by atoms with van der Waals surface area (Å²) in [5.41, 5.74) is 0. The Morgan fingerprint density at radius 2 is 1.06 bits per heavy atom. The standard InChI is InChI=1S/C41H74O12S/c1-3-5-7-9-11-13-15-16-17-18-20-22-24-26-28-30-37(43)52-34(31-50-36(42)29-27-25-23-21-19-14-12-10-8-6-4-2)32-51-41-40(46)39(45)38(44)35(53-41)33-54(47,48)49/h9-12,34-35,38-41,44-46H,3-8,13-33H2,1-2H3,(H,47,48,49)/b11-9+,12-10+/t34-,35-,38-,39?,40?,41+/m1/s1. The van der Waals surface area contributed by atoms with E-state index < -0.39 is 71.2 Å². The third-order valence-corrected chi connectivity index (χ3v) is 10.3. The number of hydrogen-bond donors (Lipinski definition) is 4. The van der Waals surface area contributed by atoms with E-state index in [-0.39, 0.29) is 19.4 Å². The predicted molar refractivity (Wildman–Crippen MR) is 210 cm³/mol. The SMILES string of the molecule is CCCC/C=C/CCCCCCCCCCCC(=O)O[C@H](COC(=O)CCCCCCC/C=C/CCCC)CO[C@H]1O[C@H](CS(=O)(=O)O)[C@@H](O)C(O)C1O. The lowest BCUT2D eigenvalue weighted by molar-refractivity contribution is -0.297. The zero-order chi connectivity index (χ0) is 39.9. The molecular formula is C41H74O12S. The molecule has 0 aromatic rings. The van der Waals surface area contributed by atoms with Gasteiger partial charge in [0.1, 0.15) is 36.8 Å². The second-order valence-corrected chi connectivity index (χ2v) is 16.1. The van der Waals surface area contributed by atoms with E-state index >= 15 is 0 Å². The van der Waals surface area contributed by atoms with Crippen molar-refractivity contribution in [3.05, 3.63) is 24.3 Å². The van der Waals surface area contributed by atoms with Gasteiger partial charge in [-0.05, 0) is 51.4 Å². The fraction of sp³-hybridized carbons (Fsp3) is 0.854.